The summed E-state index contributed by atoms with van der Waals surface area (Å²) < 4.78 is 41.0. The van der Waals surface area contributed by atoms with E-state index in [2.05, 4.69) is 25.0 Å². The van der Waals surface area contributed by atoms with Crippen LogP contribution in [0, 0.1) is 11.8 Å². The predicted octanol–water partition coefficient (Wildman–Crippen LogP) is 3.13. The topological polar surface area (TPSA) is 100 Å². The molecule has 3 aromatic rings. The molecule has 2 aromatic heterocycles. The SMILES string of the molecule is OC[C@@H]1[C@@H](Cc2ccnc(-c3cccnc3)n2)[C@H](NCc2ccc(OC(F)(F)F)cc2)C[C@H]1O. The Labute approximate surface area is 194 Å². The van der Waals surface area contributed by atoms with Crippen LogP contribution in [0.15, 0.2) is 61.1 Å². The van der Waals surface area contributed by atoms with E-state index in [9.17, 15) is 23.4 Å². The molecule has 0 unspecified atom stereocenters. The van der Waals surface area contributed by atoms with E-state index < -0.39 is 12.5 Å². The number of ether oxygens (including phenoxy) is 1. The van der Waals surface area contributed by atoms with Crippen molar-refractivity contribution in [2.45, 2.75) is 37.9 Å². The normalized spacial score (nSPS) is 22.6. The third-order valence-electron chi connectivity index (χ3n) is 6.07. The highest BCUT2D eigenvalue weighted by molar-refractivity contribution is 5.52. The van der Waals surface area contributed by atoms with Crippen molar-refractivity contribution >= 4 is 0 Å². The Kier molecular flexibility index (Phi) is 7.40. The maximum atomic E-state index is 12.4. The van der Waals surface area contributed by atoms with Crippen molar-refractivity contribution in [3.05, 3.63) is 72.3 Å². The van der Waals surface area contributed by atoms with Gasteiger partial charge in [0.05, 0.1) is 6.10 Å². The highest BCUT2D eigenvalue weighted by atomic mass is 19.4. The summed E-state index contributed by atoms with van der Waals surface area (Å²) in [6, 6.07) is 11.0. The number of alkyl halides is 3. The van der Waals surface area contributed by atoms with Gasteiger partial charge in [0.25, 0.3) is 0 Å². The molecule has 0 bridgehead atoms. The van der Waals surface area contributed by atoms with E-state index in [1.165, 1.54) is 12.1 Å². The average Bonchev–Trinajstić information content (AvgIpc) is 3.12. The average molecular weight is 474 g/mol. The molecular weight excluding hydrogens is 449 g/mol. The lowest BCUT2D eigenvalue weighted by Gasteiger charge is -2.25. The van der Waals surface area contributed by atoms with Crippen LogP contribution in [0.3, 0.4) is 0 Å². The van der Waals surface area contributed by atoms with E-state index >= 15 is 0 Å². The first kappa shape index (κ1) is 24.1. The highest BCUT2D eigenvalue weighted by Crippen LogP contribution is 2.35. The Hall–Kier alpha value is -3.08. The highest BCUT2D eigenvalue weighted by Gasteiger charge is 2.42. The minimum atomic E-state index is -4.73. The van der Waals surface area contributed by atoms with Crippen LogP contribution in [0.5, 0.6) is 5.75 Å². The van der Waals surface area contributed by atoms with Gasteiger partial charge in [0.2, 0.25) is 0 Å². The lowest BCUT2D eigenvalue weighted by atomic mass is 9.88. The van der Waals surface area contributed by atoms with Crippen LogP contribution in [-0.4, -0.2) is 50.3 Å². The van der Waals surface area contributed by atoms with E-state index in [1.807, 2.05) is 18.2 Å². The number of hydrogen-bond donors (Lipinski definition) is 3. The Morgan fingerprint density at radius 3 is 2.53 bits per heavy atom. The predicted molar refractivity (Wildman–Crippen MR) is 117 cm³/mol. The van der Waals surface area contributed by atoms with Gasteiger partial charge in [0, 0.05) is 55.0 Å². The first-order chi connectivity index (χ1) is 16.3. The van der Waals surface area contributed by atoms with Crippen LogP contribution in [0.2, 0.25) is 0 Å². The van der Waals surface area contributed by atoms with Gasteiger partial charge in [-0.15, -0.1) is 13.2 Å². The third kappa shape index (κ3) is 6.07. The molecular formula is C24H25F3N4O3. The van der Waals surface area contributed by atoms with Gasteiger partial charge in [-0.1, -0.05) is 12.1 Å². The number of aliphatic hydroxyl groups excluding tert-OH is 2. The monoisotopic (exact) mass is 474 g/mol. The molecule has 1 aromatic carbocycles. The van der Waals surface area contributed by atoms with Crippen molar-refractivity contribution in [3.8, 4) is 17.1 Å². The van der Waals surface area contributed by atoms with E-state index in [0.717, 1.165) is 16.8 Å². The molecule has 4 rings (SSSR count). The molecule has 0 spiro atoms. The van der Waals surface area contributed by atoms with Crippen LogP contribution < -0.4 is 10.1 Å². The third-order valence-corrected chi connectivity index (χ3v) is 6.07. The van der Waals surface area contributed by atoms with Crippen LogP contribution in [0.25, 0.3) is 11.4 Å². The zero-order valence-corrected chi connectivity index (χ0v) is 18.2. The van der Waals surface area contributed by atoms with Gasteiger partial charge in [-0.2, -0.15) is 0 Å². The van der Waals surface area contributed by atoms with Gasteiger partial charge >= 0.3 is 6.36 Å². The van der Waals surface area contributed by atoms with Crippen molar-refractivity contribution in [1.82, 2.24) is 20.3 Å². The van der Waals surface area contributed by atoms with Crippen LogP contribution in [0.4, 0.5) is 13.2 Å². The molecule has 1 saturated carbocycles. The maximum Gasteiger partial charge on any atom is 0.573 e. The van der Waals surface area contributed by atoms with E-state index in [1.54, 1.807) is 30.7 Å². The molecule has 34 heavy (non-hydrogen) atoms. The molecule has 0 radical (unpaired) electrons. The second kappa shape index (κ2) is 10.5. The number of hydrogen-bond acceptors (Lipinski definition) is 7. The zero-order valence-electron chi connectivity index (χ0n) is 18.2. The van der Waals surface area contributed by atoms with Crippen molar-refractivity contribution in [1.29, 1.82) is 0 Å². The molecule has 0 saturated heterocycles. The van der Waals surface area contributed by atoms with Gasteiger partial charge in [0.1, 0.15) is 5.75 Å². The van der Waals surface area contributed by atoms with E-state index in [4.69, 9.17) is 0 Å². The Bertz CT molecular complexity index is 1070. The number of benzene rings is 1. The Balaban J connectivity index is 1.44. The number of aliphatic hydroxyl groups is 2. The standard InChI is InChI=1S/C24H25F3N4O3/c25-24(26,27)34-18-5-3-15(4-6-18)12-30-21-11-22(33)20(14-32)19(21)10-17-7-9-29-23(31-17)16-2-1-8-28-13-16/h1-9,13,19-22,30,32-33H,10-12,14H2/t19-,20-,21-,22-/m1/s1. The van der Waals surface area contributed by atoms with E-state index in [-0.39, 0.29) is 30.2 Å². The lowest BCUT2D eigenvalue weighted by Crippen LogP contribution is -2.36. The van der Waals surface area contributed by atoms with Gasteiger partial charge in [-0.25, -0.2) is 9.97 Å². The Morgan fingerprint density at radius 1 is 1.06 bits per heavy atom. The summed E-state index contributed by atoms with van der Waals surface area (Å²) in [5, 5.41) is 23.8. The molecule has 1 aliphatic carbocycles. The first-order valence-corrected chi connectivity index (χ1v) is 10.9. The molecule has 0 aliphatic heterocycles. The summed E-state index contributed by atoms with van der Waals surface area (Å²) >= 11 is 0. The summed E-state index contributed by atoms with van der Waals surface area (Å²) in [6.45, 7) is 0.233. The molecule has 1 aliphatic rings. The Morgan fingerprint density at radius 2 is 1.85 bits per heavy atom. The number of pyridine rings is 1. The quantitative estimate of drug-likeness (QED) is 0.461. The molecule has 180 valence electrons. The van der Waals surface area contributed by atoms with Crippen LogP contribution >= 0.6 is 0 Å². The fraction of sp³-hybridized carbons (Fsp3) is 0.375. The second-order valence-electron chi connectivity index (χ2n) is 8.31. The summed E-state index contributed by atoms with van der Waals surface area (Å²) in [6.07, 6.45) is 0.604. The molecule has 10 heteroatoms. The van der Waals surface area contributed by atoms with E-state index in [0.29, 0.717) is 25.2 Å². The molecule has 1 fully saturated rings. The molecule has 7 nitrogen and oxygen atoms in total. The minimum absolute atomic E-state index is 0.0931. The lowest BCUT2D eigenvalue weighted by molar-refractivity contribution is -0.274. The first-order valence-electron chi connectivity index (χ1n) is 10.9. The molecule has 2 heterocycles. The molecule has 4 atom stereocenters. The summed E-state index contributed by atoms with van der Waals surface area (Å²) in [5.74, 6) is -0.143. The van der Waals surface area contributed by atoms with Crippen LogP contribution in [0.1, 0.15) is 17.7 Å². The largest absolute Gasteiger partial charge is 0.573 e. The van der Waals surface area contributed by atoms with Gasteiger partial charge in [-0.05, 0) is 54.7 Å². The van der Waals surface area contributed by atoms with Crippen molar-refractivity contribution in [2.24, 2.45) is 11.8 Å². The summed E-state index contributed by atoms with van der Waals surface area (Å²) in [4.78, 5) is 13.1. The number of nitrogens with one attached hydrogen (secondary N) is 1. The van der Waals surface area contributed by atoms with Gasteiger partial charge in [0.15, 0.2) is 5.82 Å². The fourth-order valence-corrected chi connectivity index (χ4v) is 4.42. The molecule has 0 amide bonds. The summed E-state index contributed by atoms with van der Waals surface area (Å²) in [7, 11) is 0. The number of aromatic nitrogens is 3. The smallest absolute Gasteiger partial charge is 0.406 e. The minimum Gasteiger partial charge on any atom is -0.406 e. The van der Waals surface area contributed by atoms with Crippen molar-refractivity contribution in [3.63, 3.8) is 0 Å². The van der Waals surface area contributed by atoms with Crippen molar-refractivity contribution < 1.29 is 28.1 Å². The van der Waals surface area contributed by atoms with Gasteiger partial charge < -0.3 is 20.3 Å². The number of nitrogens with zero attached hydrogens (tertiary/aromatic N) is 3. The number of halogens is 3. The van der Waals surface area contributed by atoms with Crippen LogP contribution in [-0.2, 0) is 13.0 Å². The fourth-order valence-electron chi connectivity index (χ4n) is 4.42. The second-order valence-corrected chi connectivity index (χ2v) is 8.31. The molecule has 3 N–H and O–H groups in total. The maximum absolute atomic E-state index is 12.4. The number of rotatable bonds is 8. The summed E-state index contributed by atoms with van der Waals surface area (Å²) in [5.41, 5.74) is 2.35. The zero-order chi connectivity index (χ0) is 24.1. The van der Waals surface area contributed by atoms with Crippen molar-refractivity contribution in [2.75, 3.05) is 6.61 Å². The van der Waals surface area contributed by atoms with Gasteiger partial charge in [-0.3, -0.25) is 4.98 Å².